The first-order valence-corrected chi connectivity index (χ1v) is 7.77. The first-order valence-electron chi connectivity index (χ1n) is 7.77. The van der Waals surface area contributed by atoms with E-state index in [9.17, 15) is 14.4 Å². The van der Waals surface area contributed by atoms with Gasteiger partial charge in [0, 0.05) is 17.8 Å². The van der Waals surface area contributed by atoms with E-state index in [0.29, 0.717) is 17.8 Å². The Bertz CT molecular complexity index is 607. The molecule has 2 rings (SSSR count). The van der Waals surface area contributed by atoms with Gasteiger partial charge in [0.25, 0.3) is 0 Å². The number of hydrogen-bond donors (Lipinski definition) is 0. The van der Waals surface area contributed by atoms with Crippen LogP contribution in [0.1, 0.15) is 32.8 Å². The third-order valence-corrected chi connectivity index (χ3v) is 3.94. The van der Waals surface area contributed by atoms with Gasteiger partial charge in [-0.2, -0.15) is 0 Å². The number of ether oxygens (including phenoxy) is 2. The van der Waals surface area contributed by atoms with Crippen LogP contribution < -0.4 is 4.90 Å². The maximum Gasteiger partial charge on any atom is 0.328 e. The van der Waals surface area contributed by atoms with Gasteiger partial charge >= 0.3 is 11.9 Å². The normalized spacial score (nSPS) is 15.8. The van der Waals surface area contributed by atoms with Crippen LogP contribution in [0.15, 0.2) is 24.3 Å². The van der Waals surface area contributed by atoms with Gasteiger partial charge in [0.1, 0.15) is 0 Å². The molecule has 1 aliphatic rings. The monoisotopic (exact) mass is 319 g/mol. The number of carbonyl (C=O) groups is 3. The molecule has 0 aliphatic carbocycles. The zero-order valence-corrected chi connectivity index (χ0v) is 13.6. The van der Waals surface area contributed by atoms with Gasteiger partial charge < -0.3 is 14.4 Å². The van der Waals surface area contributed by atoms with Gasteiger partial charge in [0.15, 0.2) is 0 Å². The molecule has 6 nitrogen and oxygen atoms in total. The summed E-state index contributed by atoms with van der Waals surface area (Å²) in [4.78, 5) is 39.4. The second-order valence-corrected chi connectivity index (χ2v) is 5.18. The number of esters is 2. The topological polar surface area (TPSA) is 72.9 Å². The zero-order valence-electron chi connectivity index (χ0n) is 13.6. The van der Waals surface area contributed by atoms with Gasteiger partial charge in [-0.15, -0.1) is 0 Å². The van der Waals surface area contributed by atoms with Crippen LogP contribution in [0, 0.1) is 0 Å². The van der Waals surface area contributed by atoms with Gasteiger partial charge in [-0.25, -0.2) is 0 Å². The van der Waals surface area contributed by atoms with E-state index < -0.39 is 17.4 Å². The van der Waals surface area contributed by atoms with Gasteiger partial charge in [-0.1, -0.05) is 18.2 Å². The summed E-state index contributed by atoms with van der Waals surface area (Å²) in [5, 5.41) is 0. The molecule has 0 aromatic heterocycles. The van der Waals surface area contributed by atoms with Crippen molar-refractivity contribution >= 4 is 23.5 Å². The molecule has 0 spiro atoms. The van der Waals surface area contributed by atoms with E-state index in [1.165, 1.54) is 0 Å². The number of rotatable bonds is 5. The number of carbonyl (C=O) groups excluding carboxylic acids is 3. The first kappa shape index (κ1) is 17.0. The zero-order chi connectivity index (χ0) is 17.0. The Balaban J connectivity index is 2.68. The van der Waals surface area contributed by atoms with E-state index in [4.69, 9.17) is 9.47 Å². The number of hydrogen-bond acceptors (Lipinski definition) is 5. The van der Waals surface area contributed by atoms with Crippen molar-refractivity contribution in [1.29, 1.82) is 0 Å². The highest BCUT2D eigenvalue weighted by Gasteiger charge is 2.56. The number of anilines is 1. The third kappa shape index (κ3) is 2.69. The van der Waals surface area contributed by atoms with Gasteiger partial charge in [0.05, 0.1) is 19.6 Å². The maximum absolute atomic E-state index is 12.6. The summed E-state index contributed by atoms with van der Waals surface area (Å²) in [6, 6.07) is 6.90. The molecular weight excluding hydrogens is 298 g/mol. The molecule has 0 N–H and O–H groups in total. The Morgan fingerprint density at radius 1 is 1.09 bits per heavy atom. The Labute approximate surface area is 135 Å². The summed E-state index contributed by atoms with van der Waals surface area (Å²) in [5.74, 6) is -1.78. The van der Waals surface area contributed by atoms with E-state index in [1.54, 1.807) is 43.0 Å². The van der Waals surface area contributed by atoms with Crippen molar-refractivity contribution in [3.63, 3.8) is 0 Å². The van der Waals surface area contributed by atoms with Crippen molar-refractivity contribution < 1.29 is 23.9 Å². The molecule has 23 heavy (non-hydrogen) atoms. The fourth-order valence-corrected chi connectivity index (χ4v) is 2.92. The largest absolute Gasteiger partial charge is 0.465 e. The summed E-state index contributed by atoms with van der Waals surface area (Å²) in [6.07, 6.45) is -0.282. The Morgan fingerprint density at radius 3 is 2.17 bits per heavy atom. The van der Waals surface area contributed by atoms with Crippen LogP contribution in [0.2, 0.25) is 0 Å². The Kier molecular flexibility index (Phi) is 5.03. The molecule has 1 aromatic rings. The van der Waals surface area contributed by atoms with E-state index in [0.717, 1.165) is 0 Å². The van der Waals surface area contributed by atoms with Crippen molar-refractivity contribution in [3.05, 3.63) is 29.8 Å². The lowest BCUT2D eigenvalue weighted by molar-refractivity contribution is -0.167. The fourth-order valence-electron chi connectivity index (χ4n) is 2.92. The van der Waals surface area contributed by atoms with Crippen molar-refractivity contribution in [3.8, 4) is 0 Å². The molecule has 0 saturated heterocycles. The van der Waals surface area contributed by atoms with Crippen molar-refractivity contribution in [2.24, 2.45) is 0 Å². The minimum absolute atomic E-state index is 0.119. The number of nitrogens with zero attached hydrogens (tertiary/aromatic N) is 1. The predicted molar refractivity (Wildman–Crippen MR) is 84.0 cm³/mol. The SMILES string of the molecule is CCOC(=O)C1(C(=O)OCC)CC(=O)N(CC)c2ccccc21. The molecule has 0 fully saturated rings. The maximum atomic E-state index is 12.6. The highest BCUT2D eigenvalue weighted by atomic mass is 16.6. The van der Waals surface area contributed by atoms with Crippen LogP contribution in [-0.2, 0) is 29.3 Å². The van der Waals surface area contributed by atoms with Crippen LogP contribution in [0.5, 0.6) is 0 Å². The van der Waals surface area contributed by atoms with E-state index >= 15 is 0 Å². The minimum Gasteiger partial charge on any atom is -0.465 e. The van der Waals surface area contributed by atoms with Gasteiger partial charge in [-0.3, -0.25) is 14.4 Å². The highest BCUT2D eigenvalue weighted by molar-refractivity contribution is 6.15. The van der Waals surface area contributed by atoms with Crippen LogP contribution in [0.3, 0.4) is 0 Å². The molecule has 0 radical (unpaired) electrons. The first-order chi connectivity index (χ1) is 11.0. The molecule has 1 aromatic carbocycles. The van der Waals surface area contributed by atoms with Gasteiger partial charge in [-0.05, 0) is 26.8 Å². The minimum atomic E-state index is -1.73. The molecule has 0 saturated carbocycles. The summed E-state index contributed by atoms with van der Waals surface area (Å²) in [7, 11) is 0. The van der Waals surface area contributed by atoms with Crippen molar-refractivity contribution in [2.45, 2.75) is 32.6 Å². The Morgan fingerprint density at radius 2 is 1.65 bits per heavy atom. The molecule has 0 bridgehead atoms. The average molecular weight is 319 g/mol. The molecule has 0 atom stereocenters. The lowest BCUT2D eigenvalue weighted by Crippen LogP contribution is -2.54. The third-order valence-electron chi connectivity index (χ3n) is 3.94. The molecule has 124 valence electrons. The highest BCUT2D eigenvalue weighted by Crippen LogP contribution is 2.42. The van der Waals surface area contributed by atoms with Gasteiger partial charge in [0.2, 0.25) is 11.3 Å². The molecular formula is C17H21NO5. The van der Waals surface area contributed by atoms with Crippen LogP contribution in [0.4, 0.5) is 5.69 Å². The fraction of sp³-hybridized carbons (Fsp3) is 0.471. The summed E-state index contributed by atoms with van der Waals surface area (Å²) >= 11 is 0. The number of amides is 1. The van der Waals surface area contributed by atoms with Crippen LogP contribution >= 0.6 is 0 Å². The molecule has 0 unspecified atom stereocenters. The number of benzene rings is 1. The number of para-hydroxylation sites is 1. The number of fused-ring (bicyclic) bond motifs is 1. The summed E-state index contributed by atoms with van der Waals surface area (Å²) < 4.78 is 10.2. The predicted octanol–water partition coefficient (Wildman–Crippen LogP) is 1.81. The summed E-state index contributed by atoms with van der Waals surface area (Å²) in [5.41, 5.74) is -0.726. The summed E-state index contributed by atoms with van der Waals surface area (Å²) in [6.45, 7) is 5.85. The lowest BCUT2D eigenvalue weighted by atomic mass is 9.73. The molecule has 1 aliphatic heterocycles. The smallest absolute Gasteiger partial charge is 0.328 e. The Hall–Kier alpha value is -2.37. The standard InChI is InChI=1S/C17H21NO5/c1-4-18-13-10-8-7-9-12(13)17(11-14(18)19,15(20)22-5-2)16(21)23-6-3/h7-10H,4-6,11H2,1-3H3. The second-order valence-electron chi connectivity index (χ2n) is 5.18. The quantitative estimate of drug-likeness (QED) is 0.611. The van der Waals surface area contributed by atoms with Crippen molar-refractivity contribution in [1.82, 2.24) is 0 Å². The lowest BCUT2D eigenvalue weighted by Gasteiger charge is -2.38. The van der Waals surface area contributed by atoms with E-state index in [2.05, 4.69) is 0 Å². The average Bonchev–Trinajstić information content (AvgIpc) is 2.54. The van der Waals surface area contributed by atoms with Crippen LogP contribution in [0.25, 0.3) is 0 Å². The van der Waals surface area contributed by atoms with E-state index in [-0.39, 0.29) is 25.5 Å². The molecule has 6 heteroatoms. The van der Waals surface area contributed by atoms with E-state index in [1.807, 2.05) is 6.92 Å². The molecule has 1 heterocycles. The van der Waals surface area contributed by atoms with Crippen molar-refractivity contribution in [2.75, 3.05) is 24.7 Å². The second kappa shape index (κ2) is 6.81. The molecule has 1 amide bonds. The van der Waals surface area contributed by atoms with Crippen LogP contribution in [-0.4, -0.2) is 37.6 Å².